The summed E-state index contributed by atoms with van der Waals surface area (Å²) in [7, 11) is 0. The van der Waals surface area contributed by atoms with Crippen LogP contribution in [0, 0.1) is 6.92 Å². The van der Waals surface area contributed by atoms with Crippen molar-refractivity contribution < 1.29 is 9.53 Å². The summed E-state index contributed by atoms with van der Waals surface area (Å²) in [5.41, 5.74) is 3.32. The lowest BCUT2D eigenvalue weighted by atomic mass is 9.93. The van der Waals surface area contributed by atoms with Gasteiger partial charge in [0.25, 0.3) is 5.91 Å². The van der Waals surface area contributed by atoms with Crippen LogP contribution < -0.4 is 15.4 Å². The Balaban J connectivity index is 1.20. The number of halogens is 1. The lowest BCUT2D eigenvalue weighted by molar-refractivity contribution is 0.0897. The summed E-state index contributed by atoms with van der Waals surface area (Å²) in [6.07, 6.45) is 7.18. The van der Waals surface area contributed by atoms with Crippen molar-refractivity contribution in [3.8, 4) is 5.75 Å². The molecule has 3 heterocycles. The molecule has 174 valence electrons. The smallest absolute Gasteiger partial charge is 0.263 e. The lowest BCUT2D eigenvalue weighted by Gasteiger charge is -2.29. The maximum Gasteiger partial charge on any atom is 0.263 e. The second-order valence-corrected chi connectivity index (χ2v) is 9.61. The number of rotatable bonds is 6. The molecule has 7 nitrogen and oxygen atoms in total. The molecular formula is C25H24ClN5O2S. The number of benzene rings is 1. The van der Waals surface area contributed by atoms with Gasteiger partial charge in [0.05, 0.1) is 29.2 Å². The maximum atomic E-state index is 12.5. The van der Waals surface area contributed by atoms with Gasteiger partial charge in [-0.25, -0.2) is 15.0 Å². The number of amides is 1. The van der Waals surface area contributed by atoms with E-state index in [-0.39, 0.29) is 18.1 Å². The zero-order chi connectivity index (χ0) is 23.5. The van der Waals surface area contributed by atoms with Gasteiger partial charge in [0, 0.05) is 17.6 Å². The fourth-order valence-corrected chi connectivity index (χ4v) is 5.02. The minimum absolute atomic E-state index is 0.0219. The highest BCUT2D eigenvalue weighted by atomic mass is 35.5. The number of carbonyl (C=O) groups excluding carboxylic acids is 1. The fraction of sp³-hybridized carbons (Fsp3) is 0.280. The van der Waals surface area contributed by atoms with Gasteiger partial charge in [0.2, 0.25) is 0 Å². The number of nitrogens with zero attached hydrogens (tertiary/aromatic N) is 3. The van der Waals surface area contributed by atoms with Gasteiger partial charge in [-0.3, -0.25) is 4.79 Å². The van der Waals surface area contributed by atoms with E-state index < -0.39 is 0 Å². The van der Waals surface area contributed by atoms with Gasteiger partial charge in [-0.1, -0.05) is 11.6 Å². The Morgan fingerprint density at radius 2 is 1.94 bits per heavy atom. The van der Waals surface area contributed by atoms with E-state index in [1.54, 1.807) is 24.0 Å². The van der Waals surface area contributed by atoms with Crippen molar-refractivity contribution in [3.05, 3.63) is 70.0 Å². The van der Waals surface area contributed by atoms with Crippen LogP contribution in [0.2, 0.25) is 5.15 Å². The molecule has 0 aliphatic heterocycles. The van der Waals surface area contributed by atoms with Crippen LogP contribution in [-0.4, -0.2) is 33.0 Å². The van der Waals surface area contributed by atoms with Gasteiger partial charge < -0.3 is 15.4 Å². The predicted molar refractivity (Wildman–Crippen MR) is 135 cm³/mol. The molecule has 0 radical (unpaired) electrons. The summed E-state index contributed by atoms with van der Waals surface area (Å²) in [5.74, 6) is 1.57. The number of hydrogen-bond acceptors (Lipinski definition) is 7. The van der Waals surface area contributed by atoms with E-state index in [0.29, 0.717) is 10.0 Å². The molecule has 4 aromatic rings. The van der Waals surface area contributed by atoms with Gasteiger partial charge in [-0.2, -0.15) is 0 Å². The van der Waals surface area contributed by atoms with Crippen LogP contribution in [0.3, 0.4) is 0 Å². The van der Waals surface area contributed by atoms with Crippen LogP contribution >= 0.6 is 22.9 Å². The lowest BCUT2D eigenvalue weighted by Crippen LogP contribution is -2.39. The highest BCUT2D eigenvalue weighted by Gasteiger charge is 2.25. The van der Waals surface area contributed by atoms with Gasteiger partial charge >= 0.3 is 0 Å². The molecule has 1 aliphatic rings. The fourth-order valence-electron chi connectivity index (χ4n) is 4.20. The van der Waals surface area contributed by atoms with Crippen molar-refractivity contribution in [2.75, 3.05) is 5.32 Å². The minimum Gasteiger partial charge on any atom is -0.490 e. The van der Waals surface area contributed by atoms with E-state index in [9.17, 15) is 4.79 Å². The van der Waals surface area contributed by atoms with Gasteiger partial charge in [0.15, 0.2) is 0 Å². The molecule has 3 aromatic heterocycles. The summed E-state index contributed by atoms with van der Waals surface area (Å²) >= 11 is 7.26. The van der Waals surface area contributed by atoms with Gasteiger partial charge in [-0.15, -0.1) is 11.3 Å². The molecule has 1 fully saturated rings. The topological polar surface area (TPSA) is 89.0 Å². The molecule has 34 heavy (non-hydrogen) atoms. The van der Waals surface area contributed by atoms with Crippen molar-refractivity contribution in [1.82, 2.24) is 20.3 Å². The van der Waals surface area contributed by atoms with E-state index in [2.05, 4.69) is 25.6 Å². The molecular weight excluding hydrogens is 470 g/mol. The molecule has 5 rings (SSSR count). The molecule has 9 heteroatoms. The number of aryl methyl sites for hydroxylation is 1. The number of carbonyl (C=O) groups is 1. The third-order valence-corrected chi connectivity index (χ3v) is 7.14. The molecule has 1 aliphatic carbocycles. The highest BCUT2D eigenvalue weighted by molar-refractivity contribution is 7.11. The highest BCUT2D eigenvalue weighted by Crippen LogP contribution is 2.30. The average molecular weight is 494 g/mol. The number of nitrogens with one attached hydrogen (secondary N) is 2. The molecule has 0 unspecified atom stereocenters. The molecule has 1 aromatic carbocycles. The van der Waals surface area contributed by atoms with E-state index >= 15 is 0 Å². The molecule has 0 atom stereocenters. The quantitative estimate of drug-likeness (QED) is 0.324. The molecule has 1 amide bonds. The van der Waals surface area contributed by atoms with E-state index in [1.165, 1.54) is 11.3 Å². The SMILES string of the molecule is Cc1ncsc1C(=O)N[C@H]1CC[C@@H](Oc2ccc3c(Nc4ccc(Cl)nc4)nccc3c2)CC1. The summed E-state index contributed by atoms with van der Waals surface area (Å²) in [5, 5.41) is 8.93. The van der Waals surface area contributed by atoms with Crippen LogP contribution in [0.5, 0.6) is 5.75 Å². The summed E-state index contributed by atoms with van der Waals surface area (Å²) in [6, 6.07) is 11.8. The van der Waals surface area contributed by atoms with Crippen LogP contribution in [-0.2, 0) is 0 Å². The largest absolute Gasteiger partial charge is 0.490 e. The summed E-state index contributed by atoms with van der Waals surface area (Å²) in [6.45, 7) is 1.86. The first-order valence-corrected chi connectivity index (χ1v) is 12.5. The zero-order valence-corrected chi connectivity index (χ0v) is 20.2. The first kappa shape index (κ1) is 22.6. The Morgan fingerprint density at radius 1 is 1.09 bits per heavy atom. The Bertz CT molecular complexity index is 1300. The van der Waals surface area contributed by atoms with E-state index in [1.807, 2.05) is 37.3 Å². The van der Waals surface area contributed by atoms with Crippen molar-refractivity contribution in [2.24, 2.45) is 0 Å². The summed E-state index contributed by atoms with van der Waals surface area (Å²) < 4.78 is 6.29. The second kappa shape index (κ2) is 9.95. The number of pyridine rings is 2. The van der Waals surface area contributed by atoms with Gasteiger partial charge in [0.1, 0.15) is 21.6 Å². The average Bonchev–Trinajstić information content (AvgIpc) is 3.28. The molecule has 0 bridgehead atoms. The van der Waals surface area contributed by atoms with Crippen LogP contribution in [0.1, 0.15) is 41.0 Å². The molecule has 2 N–H and O–H groups in total. The molecule has 0 spiro atoms. The third-order valence-electron chi connectivity index (χ3n) is 5.99. The Kier molecular flexibility index (Phi) is 6.60. The van der Waals surface area contributed by atoms with E-state index in [0.717, 1.165) is 59.4 Å². The van der Waals surface area contributed by atoms with Crippen LogP contribution in [0.4, 0.5) is 11.5 Å². The minimum atomic E-state index is -0.0219. The van der Waals surface area contributed by atoms with Crippen molar-refractivity contribution in [1.29, 1.82) is 0 Å². The number of hydrogen-bond donors (Lipinski definition) is 2. The number of anilines is 2. The van der Waals surface area contributed by atoms with Crippen molar-refractivity contribution in [3.63, 3.8) is 0 Å². The summed E-state index contributed by atoms with van der Waals surface area (Å²) in [4.78, 5) is 25.9. The first-order chi connectivity index (χ1) is 16.5. The van der Waals surface area contributed by atoms with Gasteiger partial charge in [-0.05, 0) is 74.4 Å². The standard InChI is InChI=1S/C25H24ClN5O2S/c1-15-23(34-14-29-15)25(32)31-17-2-5-19(6-3-17)33-20-7-8-21-16(12-20)10-11-27-24(21)30-18-4-9-22(26)28-13-18/h4,7-14,17,19H,2-3,5-6H2,1H3,(H,27,30)(H,31,32)/t17-,19+. The van der Waals surface area contributed by atoms with Crippen molar-refractivity contribution >= 4 is 51.1 Å². The number of thiazole rings is 1. The first-order valence-electron chi connectivity index (χ1n) is 11.2. The zero-order valence-electron chi connectivity index (χ0n) is 18.6. The molecule has 0 saturated heterocycles. The molecule has 1 saturated carbocycles. The Hall–Kier alpha value is -3.23. The number of fused-ring (bicyclic) bond motifs is 1. The predicted octanol–water partition coefficient (Wildman–Crippen LogP) is 5.91. The number of ether oxygens (including phenoxy) is 1. The Labute approximate surface area is 206 Å². The third kappa shape index (κ3) is 5.13. The van der Waals surface area contributed by atoms with Crippen LogP contribution in [0.25, 0.3) is 10.8 Å². The van der Waals surface area contributed by atoms with Crippen molar-refractivity contribution in [2.45, 2.75) is 44.8 Å². The monoisotopic (exact) mass is 493 g/mol. The number of aromatic nitrogens is 3. The maximum absolute atomic E-state index is 12.5. The second-order valence-electron chi connectivity index (χ2n) is 8.37. The Morgan fingerprint density at radius 3 is 2.68 bits per heavy atom. The van der Waals surface area contributed by atoms with E-state index in [4.69, 9.17) is 16.3 Å². The normalized spacial score (nSPS) is 17.9. The van der Waals surface area contributed by atoms with Crippen LogP contribution in [0.15, 0.2) is 54.3 Å².